The molecule has 0 saturated heterocycles. The molecule has 2 aromatic heterocycles. The van der Waals surface area contributed by atoms with Crippen molar-refractivity contribution in [2.24, 2.45) is 0 Å². The fraction of sp³-hybridized carbons (Fsp3) is 0.0714. The molecule has 19 heavy (non-hydrogen) atoms. The van der Waals surface area contributed by atoms with Crippen molar-refractivity contribution < 1.29 is 4.52 Å². The summed E-state index contributed by atoms with van der Waals surface area (Å²) in [6, 6.07) is 15.3. The molecular formula is C14H12N4O. The largest absolute Gasteiger partial charge is 0.384 e. The lowest BCUT2D eigenvalue weighted by atomic mass is 10.1. The van der Waals surface area contributed by atoms with Crippen molar-refractivity contribution >= 4 is 5.82 Å². The zero-order valence-corrected chi connectivity index (χ0v) is 10.2. The predicted octanol–water partition coefficient (Wildman–Crippen LogP) is 2.30. The Labute approximate surface area is 110 Å². The second-order valence-corrected chi connectivity index (χ2v) is 4.13. The van der Waals surface area contributed by atoms with Gasteiger partial charge in [-0.05, 0) is 17.7 Å². The van der Waals surface area contributed by atoms with Crippen molar-refractivity contribution in [3.05, 3.63) is 59.9 Å². The number of nitrogen functional groups attached to an aromatic ring is 1. The van der Waals surface area contributed by atoms with Crippen molar-refractivity contribution in [2.75, 3.05) is 5.73 Å². The summed E-state index contributed by atoms with van der Waals surface area (Å²) in [4.78, 5) is 8.47. The van der Waals surface area contributed by atoms with Crippen LogP contribution in [-0.4, -0.2) is 15.1 Å². The quantitative estimate of drug-likeness (QED) is 0.773. The topological polar surface area (TPSA) is 77.8 Å². The summed E-state index contributed by atoms with van der Waals surface area (Å²) in [5.74, 6) is 1.45. The fourth-order valence-corrected chi connectivity index (χ4v) is 1.78. The molecule has 1 aromatic carbocycles. The van der Waals surface area contributed by atoms with Crippen LogP contribution in [0.5, 0.6) is 0 Å². The first kappa shape index (κ1) is 11.4. The van der Waals surface area contributed by atoms with E-state index in [0.717, 1.165) is 5.56 Å². The standard InChI is InChI=1S/C14H12N4O/c15-12-8-4-7-11(16-12)14-17-13(18-19-14)9-10-5-2-1-3-6-10/h1-8H,9H2,(H2,15,16). The average Bonchev–Trinajstić information content (AvgIpc) is 2.88. The molecule has 0 bridgehead atoms. The minimum atomic E-state index is 0.387. The number of hydrogen-bond donors (Lipinski definition) is 1. The lowest BCUT2D eigenvalue weighted by Gasteiger charge is -1.95. The first-order chi connectivity index (χ1) is 9.31. The summed E-state index contributed by atoms with van der Waals surface area (Å²) < 4.78 is 5.20. The Morgan fingerprint density at radius 3 is 2.58 bits per heavy atom. The van der Waals surface area contributed by atoms with Crippen LogP contribution in [-0.2, 0) is 6.42 Å². The SMILES string of the molecule is Nc1cccc(-c2nc(Cc3ccccc3)no2)n1. The molecule has 0 atom stereocenters. The Kier molecular flexibility index (Phi) is 2.94. The molecule has 0 radical (unpaired) electrons. The van der Waals surface area contributed by atoms with E-state index in [1.54, 1.807) is 18.2 Å². The van der Waals surface area contributed by atoms with E-state index >= 15 is 0 Å². The molecule has 0 amide bonds. The number of rotatable bonds is 3. The maximum Gasteiger partial charge on any atom is 0.276 e. The molecule has 5 heteroatoms. The van der Waals surface area contributed by atoms with Gasteiger partial charge in [-0.2, -0.15) is 4.98 Å². The summed E-state index contributed by atoms with van der Waals surface area (Å²) in [6.07, 6.45) is 0.632. The molecule has 0 saturated carbocycles. The highest BCUT2D eigenvalue weighted by molar-refractivity contribution is 5.50. The molecular weight excluding hydrogens is 240 g/mol. The van der Waals surface area contributed by atoms with Gasteiger partial charge in [0.2, 0.25) is 0 Å². The fourth-order valence-electron chi connectivity index (χ4n) is 1.78. The van der Waals surface area contributed by atoms with Crippen LogP contribution in [0.25, 0.3) is 11.6 Å². The number of aromatic nitrogens is 3. The number of hydrogen-bond acceptors (Lipinski definition) is 5. The van der Waals surface area contributed by atoms with Gasteiger partial charge in [0, 0.05) is 6.42 Å². The zero-order chi connectivity index (χ0) is 13.1. The van der Waals surface area contributed by atoms with Crippen molar-refractivity contribution in [3.63, 3.8) is 0 Å². The highest BCUT2D eigenvalue weighted by Gasteiger charge is 2.10. The molecule has 0 spiro atoms. The number of anilines is 1. The van der Waals surface area contributed by atoms with Gasteiger partial charge < -0.3 is 10.3 Å². The van der Waals surface area contributed by atoms with Crippen LogP contribution in [0.4, 0.5) is 5.82 Å². The van der Waals surface area contributed by atoms with E-state index in [1.807, 2.05) is 30.3 Å². The van der Waals surface area contributed by atoms with Gasteiger partial charge >= 0.3 is 0 Å². The number of pyridine rings is 1. The third-order valence-electron chi connectivity index (χ3n) is 2.66. The first-order valence-corrected chi connectivity index (χ1v) is 5.91. The first-order valence-electron chi connectivity index (χ1n) is 5.91. The summed E-state index contributed by atoms with van der Waals surface area (Å²) in [6.45, 7) is 0. The van der Waals surface area contributed by atoms with E-state index in [9.17, 15) is 0 Å². The van der Waals surface area contributed by atoms with E-state index < -0.39 is 0 Å². The molecule has 0 aliphatic carbocycles. The minimum Gasteiger partial charge on any atom is -0.384 e. The van der Waals surface area contributed by atoms with E-state index in [1.165, 1.54) is 0 Å². The molecule has 2 heterocycles. The number of benzene rings is 1. The normalized spacial score (nSPS) is 10.5. The van der Waals surface area contributed by atoms with Crippen molar-refractivity contribution in [1.82, 2.24) is 15.1 Å². The van der Waals surface area contributed by atoms with Crippen LogP contribution in [0.3, 0.4) is 0 Å². The summed E-state index contributed by atoms with van der Waals surface area (Å²) >= 11 is 0. The maximum atomic E-state index is 5.63. The summed E-state index contributed by atoms with van der Waals surface area (Å²) in [5.41, 5.74) is 7.35. The lowest BCUT2D eigenvalue weighted by molar-refractivity contribution is 0.422. The van der Waals surface area contributed by atoms with E-state index in [2.05, 4.69) is 15.1 Å². The predicted molar refractivity (Wildman–Crippen MR) is 71.2 cm³/mol. The Bertz CT molecular complexity index is 679. The monoisotopic (exact) mass is 252 g/mol. The smallest absolute Gasteiger partial charge is 0.276 e. The Morgan fingerprint density at radius 1 is 0.947 bits per heavy atom. The van der Waals surface area contributed by atoms with Gasteiger partial charge in [-0.25, -0.2) is 4.98 Å². The average molecular weight is 252 g/mol. The van der Waals surface area contributed by atoms with Crippen LogP contribution >= 0.6 is 0 Å². The highest BCUT2D eigenvalue weighted by Crippen LogP contribution is 2.16. The van der Waals surface area contributed by atoms with Crippen LogP contribution in [0.15, 0.2) is 53.1 Å². The van der Waals surface area contributed by atoms with Gasteiger partial charge in [-0.3, -0.25) is 0 Å². The van der Waals surface area contributed by atoms with Crippen LogP contribution in [0, 0.1) is 0 Å². The molecule has 0 fully saturated rings. The van der Waals surface area contributed by atoms with Crippen LogP contribution in [0.1, 0.15) is 11.4 Å². The van der Waals surface area contributed by atoms with E-state index in [4.69, 9.17) is 10.3 Å². The Hall–Kier alpha value is -2.69. The molecule has 94 valence electrons. The molecule has 0 unspecified atom stereocenters. The molecule has 3 aromatic rings. The molecule has 3 rings (SSSR count). The second-order valence-electron chi connectivity index (χ2n) is 4.13. The second kappa shape index (κ2) is 4.89. The van der Waals surface area contributed by atoms with Gasteiger partial charge in [-0.15, -0.1) is 0 Å². The van der Waals surface area contributed by atoms with Gasteiger partial charge in [-0.1, -0.05) is 41.6 Å². The zero-order valence-electron chi connectivity index (χ0n) is 10.2. The van der Waals surface area contributed by atoms with Gasteiger partial charge in [0.25, 0.3) is 5.89 Å². The lowest BCUT2D eigenvalue weighted by Crippen LogP contribution is -1.92. The van der Waals surface area contributed by atoms with Crippen LogP contribution in [0.2, 0.25) is 0 Å². The van der Waals surface area contributed by atoms with Crippen molar-refractivity contribution in [1.29, 1.82) is 0 Å². The minimum absolute atomic E-state index is 0.387. The van der Waals surface area contributed by atoms with E-state index in [0.29, 0.717) is 29.6 Å². The van der Waals surface area contributed by atoms with Gasteiger partial charge in [0.15, 0.2) is 5.82 Å². The molecule has 2 N–H and O–H groups in total. The van der Waals surface area contributed by atoms with Crippen molar-refractivity contribution in [3.8, 4) is 11.6 Å². The number of nitrogens with zero attached hydrogens (tertiary/aromatic N) is 3. The Morgan fingerprint density at radius 2 is 1.79 bits per heavy atom. The van der Waals surface area contributed by atoms with E-state index in [-0.39, 0.29) is 0 Å². The summed E-state index contributed by atoms with van der Waals surface area (Å²) in [7, 11) is 0. The molecule has 5 nitrogen and oxygen atoms in total. The third-order valence-corrected chi connectivity index (χ3v) is 2.66. The van der Waals surface area contributed by atoms with Crippen molar-refractivity contribution in [2.45, 2.75) is 6.42 Å². The summed E-state index contributed by atoms with van der Waals surface area (Å²) in [5, 5.41) is 3.95. The number of nitrogens with two attached hydrogens (primary N) is 1. The highest BCUT2D eigenvalue weighted by atomic mass is 16.5. The Balaban J connectivity index is 1.84. The van der Waals surface area contributed by atoms with Gasteiger partial charge in [0.05, 0.1) is 0 Å². The van der Waals surface area contributed by atoms with Crippen LogP contribution < -0.4 is 5.73 Å². The maximum absolute atomic E-state index is 5.63. The molecule has 0 aliphatic heterocycles. The third kappa shape index (κ3) is 2.60. The molecule has 0 aliphatic rings. The van der Waals surface area contributed by atoms with Gasteiger partial charge in [0.1, 0.15) is 11.5 Å².